The Hall–Kier alpha value is -0.910. The molecule has 0 aliphatic carbocycles. The number of halogens is 3. The summed E-state index contributed by atoms with van der Waals surface area (Å²) in [6.07, 6.45) is -0.574. The third-order valence-corrected chi connectivity index (χ3v) is 4.42. The van der Waals surface area contributed by atoms with Crippen LogP contribution in [-0.4, -0.2) is 14.9 Å². The molecule has 0 saturated carbocycles. The Morgan fingerprint density at radius 2 is 2.21 bits per heavy atom. The van der Waals surface area contributed by atoms with Crippen LogP contribution >= 0.6 is 27.5 Å². The molecule has 1 N–H and O–H groups in total. The van der Waals surface area contributed by atoms with E-state index in [-0.39, 0.29) is 5.02 Å². The summed E-state index contributed by atoms with van der Waals surface area (Å²) in [6, 6.07) is 4.42. The summed E-state index contributed by atoms with van der Waals surface area (Å²) >= 11 is 9.30. The van der Waals surface area contributed by atoms with Gasteiger partial charge in [0, 0.05) is 19.0 Å². The van der Waals surface area contributed by atoms with Gasteiger partial charge in [-0.1, -0.05) is 23.7 Å². The van der Waals surface area contributed by atoms with Crippen molar-refractivity contribution in [3.05, 3.63) is 50.5 Å². The molecule has 1 aromatic carbocycles. The molecule has 0 fully saturated rings. The van der Waals surface area contributed by atoms with Crippen molar-refractivity contribution in [3.63, 3.8) is 0 Å². The normalized spacial score (nSPS) is 12.7. The zero-order valence-corrected chi connectivity index (χ0v) is 12.8. The summed E-state index contributed by atoms with van der Waals surface area (Å²) in [6.45, 7) is 1.87. The van der Waals surface area contributed by atoms with E-state index >= 15 is 0 Å². The number of aliphatic hydroxyl groups excluding tert-OH is 1. The van der Waals surface area contributed by atoms with Gasteiger partial charge < -0.3 is 5.11 Å². The fraction of sp³-hybridized carbons (Fsp3) is 0.308. The van der Waals surface area contributed by atoms with Gasteiger partial charge in [0.2, 0.25) is 0 Å². The molecule has 0 bridgehead atoms. The highest BCUT2D eigenvalue weighted by Gasteiger charge is 2.19. The van der Waals surface area contributed by atoms with Crippen LogP contribution in [0.2, 0.25) is 5.02 Å². The molecule has 0 saturated heterocycles. The summed E-state index contributed by atoms with van der Waals surface area (Å²) in [7, 11) is 1.80. The van der Waals surface area contributed by atoms with Crippen LogP contribution in [0.15, 0.2) is 22.7 Å². The number of nitrogens with zero attached hydrogens (tertiary/aromatic N) is 2. The average molecular weight is 348 g/mol. The SMILES string of the molecule is Cc1nn(C)c(CC(O)c2cccc(F)c2Cl)c1Br. The molecule has 1 aromatic heterocycles. The number of rotatable bonds is 3. The molecule has 0 amide bonds. The second-order valence-corrected chi connectivity index (χ2v) is 5.50. The van der Waals surface area contributed by atoms with Gasteiger partial charge in [-0.25, -0.2) is 4.39 Å². The molecule has 1 atom stereocenters. The van der Waals surface area contributed by atoms with Gasteiger partial charge in [0.1, 0.15) is 5.82 Å². The van der Waals surface area contributed by atoms with E-state index in [1.165, 1.54) is 12.1 Å². The lowest BCUT2D eigenvalue weighted by Crippen LogP contribution is -2.08. The van der Waals surface area contributed by atoms with Crippen molar-refractivity contribution in [2.24, 2.45) is 7.05 Å². The minimum atomic E-state index is -0.880. The van der Waals surface area contributed by atoms with Gasteiger partial charge in [0.05, 0.1) is 27.0 Å². The monoisotopic (exact) mass is 346 g/mol. The van der Waals surface area contributed by atoms with Gasteiger partial charge >= 0.3 is 0 Å². The Morgan fingerprint density at radius 3 is 2.79 bits per heavy atom. The molecule has 6 heteroatoms. The van der Waals surface area contributed by atoms with Crippen LogP contribution in [0.5, 0.6) is 0 Å². The predicted molar refractivity (Wildman–Crippen MR) is 75.7 cm³/mol. The van der Waals surface area contributed by atoms with Gasteiger partial charge in [0.15, 0.2) is 0 Å². The quantitative estimate of drug-likeness (QED) is 0.922. The smallest absolute Gasteiger partial charge is 0.142 e. The fourth-order valence-electron chi connectivity index (χ4n) is 1.97. The highest BCUT2D eigenvalue weighted by molar-refractivity contribution is 9.10. The van der Waals surface area contributed by atoms with E-state index in [9.17, 15) is 9.50 Å². The largest absolute Gasteiger partial charge is 0.388 e. The van der Waals surface area contributed by atoms with Crippen molar-refractivity contribution in [3.8, 4) is 0 Å². The van der Waals surface area contributed by atoms with E-state index in [0.29, 0.717) is 12.0 Å². The van der Waals surface area contributed by atoms with Gasteiger partial charge in [0.25, 0.3) is 0 Å². The van der Waals surface area contributed by atoms with E-state index in [1.54, 1.807) is 17.8 Å². The molecule has 2 aromatic rings. The first kappa shape index (κ1) is 14.5. The first-order chi connectivity index (χ1) is 8.91. The molecule has 0 spiro atoms. The molecule has 0 radical (unpaired) electrons. The number of benzene rings is 1. The van der Waals surface area contributed by atoms with E-state index < -0.39 is 11.9 Å². The lowest BCUT2D eigenvalue weighted by atomic mass is 10.0. The summed E-state index contributed by atoms with van der Waals surface area (Å²) in [4.78, 5) is 0. The highest BCUT2D eigenvalue weighted by Crippen LogP contribution is 2.30. The molecule has 1 unspecified atom stereocenters. The zero-order chi connectivity index (χ0) is 14.2. The van der Waals surface area contributed by atoms with E-state index in [0.717, 1.165) is 15.9 Å². The van der Waals surface area contributed by atoms with Crippen molar-refractivity contribution in [1.29, 1.82) is 0 Å². The van der Waals surface area contributed by atoms with Gasteiger partial charge in [-0.2, -0.15) is 5.10 Å². The Balaban J connectivity index is 2.31. The van der Waals surface area contributed by atoms with Crippen molar-refractivity contribution < 1.29 is 9.50 Å². The Bertz CT molecular complexity index is 615. The van der Waals surface area contributed by atoms with E-state index in [2.05, 4.69) is 21.0 Å². The highest BCUT2D eigenvalue weighted by atomic mass is 79.9. The van der Waals surface area contributed by atoms with Crippen LogP contribution in [-0.2, 0) is 13.5 Å². The lowest BCUT2D eigenvalue weighted by Gasteiger charge is -2.13. The van der Waals surface area contributed by atoms with Gasteiger partial charge in [-0.05, 0) is 28.9 Å². The third-order valence-electron chi connectivity index (χ3n) is 2.99. The van der Waals surface area contributed by atoms with Crippen LogP contribution in [0.3, 0.4) is 0 Å². The molecule has 102 valence electrons. The molecule has 2 rings (SSSR count). The van der Waals surface area contributed by atoms with Crippen LogP contribution in [0, 0.1) is 12.7 Å². The summed E-state index contributed by atoms with van der Waals surface area (Å²) in [5, 5.41) is 14.4. The Morgan fingerprint density at radius 1 is 1.53 bits per heavy atom. The summed E-state index contributed by atoms with van der Waals surface area (Å²) in [5.41, 5.74) is 2.06. The first-order valence-electron chi connectivity index (χ1n) is 5.71. The number of hydrogen-bond acceptors (Lipinski definition) is 2. The molecular formula is C13H13BrClFN2O. The number of aliphatic hydroxyl groups is 1. The number of aromatic nitrogens is 2. The van der Waals surface area contributed by atoms with Gasteiger partial charge in [-0.3, -0.25) is 4.68 Å². The Kier molecular flexibility index (Phi) is 4.28. The van der Waals surface area contributed by atoms with Crippen LogP contribution in [0.1, 0.15) is 23.1 Å². The van der Waals surface area contributed by atoms with E-state index in [1.807, 2.05) is 6.92 Å². The number of hydrogen-bond donors (Lipinski definition) is 1. The van der Waals surface area contributed by atoms with Gasteiger partial charge in [-0.15, -0.1) is 0 Å². The maximum atomic E-state index is 13.4. The van der Waals surface area contributed by atoms with Crippen molar-refractivity contribution in [2.75, 3.05) is 0 Å². The molecule has 0 aliphatic heterocycles. The van der Waals surface area contributed by atoms with Crippen molar-refractivity contribution in [1.82, 2.24) is 9.78 Å². The topological polar surface area (TPSA) is 38.0 Å². The van der Waals surface area contributed by atoms with Crippen LogP contribution in [0.4, 0.5) is 4.39 Å². The summed E-state index contributed by atoms with van der Waals surface area (Å²) in [5.74, 6) is -0.529. The minimum absolute atomic E-state index is 0.0370. The maximum absolute atomic E-state index is 13.4. The summed E-state index contributed by atoms with van der Waals surface area (Å²) < 4.78 is 15.9. The second kappa shape index (κ2) is 5.61. The maximum Gasteiger partial charge on any atom is 0.142 e. The minimum Gasteiger partial charge on any atom is -0.388 e. The van der Waals surface area contributed by atoms with Crippen LogP contribution < -0.4 is 0 Å². The average Bonchev–Trinajstić information content (AvgIpc) is 2.59. The molecular weight excluding hydrogens is 335 g/mol. The van der Waals surface area contributed by atoms with E-state index in [4.69, 9.17) is 11.6 Å². The Labute approximate surface area is 124 Å². The molecule has 1 heterocycles. The standard InChI is InChI=1S/C13H13BrClFN2O/c1-7-12(14)10(18(2)17-7)6-11(19)8-4-3-5-9(16)13(8)15/h3-5,11,19H,6H2,1-2H3. The number of aryl methyl sites for hydroxylation is 2. The lowest BCUT2D eigenvalue weighted by molar-refractivity contribution is 0.175. The van der Waals surface area contributed by atoms with Crippen molar-refractivity contribution >= 4 is 27.5 Å². The molecule has 3 nitrogen and oxygen atoms in total. The zero-order valence-electron chi connectivity index (χ0n) is 10.5. The fourth-order valence-corrected chi connectivity index (χ4v) is 2.72. The first-order valence-corrected chi connectivity index (χ1v) is 6.89. The molecule has 0 aliphatic rings. The van der Waals surface area contributed by atoms with Crippen molar-refractivity contribution in [2.45, 2.75) is 19.4 Å². The molecule has 19 heavy (non-hydrogen) atoms. The van der Waals surface area contributed by atoms with Crippen LogP contribution in [0.25, 0.3) is 0 Å². The predicted octanol–water partition coefficient (Wildman–Crippen LogP) is 3.56. The second-order valence-electron chi connectivity index (χ2n) is 4.33. The third kappa shape index (κ3) is 2.83.